The van der Waals surface area contributed by atoms with Gasteiger partial charge >= 0.3 is 0 Å². The van der Waals surface area contributed by atoms with E-state index >= 15 is 0 Å². The van der Waals surface area contributed by atoms with E-state index in [1.54, 1.807) is 18.4 Å². The van der Waals surface area contributed by atoms with Crippen LogP contribution in [0.1, 0.15) is 19.5 Å². The lowest BCUT2D eigenvalue weighted by Gasteiger charge is -2.10. The van der Waals surface area contributed by atoms with E-state index in [1.165, 1.54) is 12.1 Å². The molecular formula is C18H26FIN4O2. The van der Waals surface area contributed by atoms with Crippen LogP contribution in [-0.2, 0) is 11.2 Å². The predicted octanol–water partition coefficient (Wildman–Crippen LogP) is 3.23. The number of hydrogen-bond donors (Lipinski definition) is 2. The second-order valence-electron chi connectivity index (χ2n) is 5.29. The lowest BCUT2D eigenvalue weighted by atomic mass is 10.2. The maximum absolute atomic E-state index is 13.0. The summed E-state index contributed by atoms with van der Waals surface area (Å²) >= 11 is 0. The van der Waals surface area contributed by atoms with Crippen molar-refractivity contribution in [3.8, 4) is 11.5 Å². The highest BCUT2D eigenvalue weighted by Gasteiger charge is 2.07. The van der Waals surface area contributed by atoms with Gasteiger partial charge in [-0.1, -0.05) is 0 Å². The Balaban J connectivity index is 0.00000338. The molecule has 8 heteroatoms. The molecule has 1 aromatic heterocycles. The van der Waals surface area contributed by atoms with Crippen molar-refractivity contribution in [2.45, 2.75) is 20.3 Å². The molecule has 0 saturated heterocycles. The molecule has 0 atom stereocenters. The standard InChI is InChI=1S/C18H25FN4O2.HI/c1-3-20-18(22-11-12-24-4-2)21-10-9-16-13-25-17(23-16)14-5-7-15(19)8-6-14;/h5-8,13H,3-4,9-12H2,1-2H3,(H2,20,21,22);1H. The maximum atomic E-state index is 13.0. The lowest BCUT2D eigenvalue weighted by molar-refractivity contribution is 0.155. The minimum atomic E-state index is -0.278. The third-order valence-corrected chi connectivity index (χ3v) is 3.37. The van der Waals surface area contributed by atoms with Gasteiger partial charge in [0.2, 0.25) is 5.89 Å². The summed E-state index contributed by atoms with van der Waals surface area (Å²) in [6.07, 6.45) is 2.32. The number of guanidine groups is 1. The number of aliphatic imine (C=N–C) groups is 1. The van der Waals surface area contributed by atoms with E-state index in [4.69, 9.17) is 9.15 Å². The molecule has 2 N–H and O–H groups in total. The molecule has 0 unspecified atom stereocenters. The topological polar surface area (TPSA) is 71.7 Å². The van der Waals surface area contributed by atoms with E-state index in [1.807, 2.05) is 13.8 Å². The average Bonchev–Trinajstić information content (AvgIpc) is 3.08. The molecule has 1 aromatic carbocycles. The molecule has 6 nitrogen and oxygen atoms in total. The Hall–Kier alpha value is -1.68. The monoisotopic (exact) mass is 476 g/mol. The number of nitrogens with one attached hydrogen (secondary N) is 2. The van der Waals surface area contributed by atoms with Gasteiger partial charge in [0.15, 0.2) is 5.96 Å². The summed E-state index contributed by atoms with van der Waals surface area (Å²) in [7, 11) is 0. The van der Waals surface area contributed by atoms with E-state index in [2.05, 4.69) is 20.6 Å². The first kappa shape index (κ1) is 22.4. The van der Waals surface area contributed by atoms with Crippen LogP contribution in [0.25, 0.3) is 11.5 Å². The SMILES string of the molecule is CCNC(=NCCOCC)NCCc1coc(-c2ccc(F)cc2)n1.I. The van der Waals surface area contributed by atoms with Crippen molar-refractivity contribution in [2.24, 2.45) is 4.99 Å². The highest BCUT2D eigenvalue weighted by atomic mass is 127. The van der Waals surface area contributed by atoms with Gasteiger partial charge in [-0.3, -0.25) is 4.99 Å². The van der Waals surface area contributed by atoms with Gasteiger partial charge < -0.3 is 19.8 Å². The van der Waals surface area contributed by atoms with Gasteiger partial charge in [0.05, 0.1) is 18.8 Å². The number of oxazole rings is 1. The van der Waals surface area contributed by atoms with Crippen molar-refractivity contribution < 1.29 is 13.5 Å². The van der Waals surface area contributed by atoms with Crippen LogP contribution in [0.15, 0.2) is 39.9 Å². The Labute approximate surface area is 170 Å². The van der Waals surface area contributed by atoms with Crippen molar-refractivity contribution in [3.05, 3.63) is 42.0 Å². The number of benzene rings is 1. The molecule has 1 heterocycles. The molecule has 144 valence electrons. The second kappa shape index (κ2) is 12.6. The number of ether oxygens (including phenoxy) is 1. The summed E-state index contributed by atoms with van der Waals surface area (Å²) in [5.74, 6) is 0.969. The molecule has 0 aliphatic rings. The van der Waals surface area contributed by atoms with Crippen LogP contribution in [0, 0.1) is 5.82 Å². The van der Waals surface area contributed by atoms with E-state index < -0.39 is 0 Å². The normalized spacial score (nSPS) is 11.1. The Morgan fingerprint density at radius 1 is 1.23 bits per heavy atom. The Kier molecular flexibility index (Phi) is 10.9. The van der Waals surface area contributed by atoms with Crippen molar-refractivity contribution in [3.63, 3.8) is 0 Å². The molecule has 2 rings (SSSR count). The lowest BCUT2D eigenvalue weighted by Crippen LogP contribution is -2.38. The van der Waals surface area contributed by atoms with E-state index in [0.717, 1.165) is 23.8 Å². The first-order valence-corrected chi connectivity index (χ1v) is 8.53. The van der Waals surface area contributed by atoms with Crippen molar-refractivity contribution >= 4 is 29.9 Å². The molecule has 0 bridgehead atoms. The molecule has 0 radical (unpaired) electrons. The fourth-order valence-electron chi connectivity index (χ4n) is 2.16. The third kappa shape index (κ3) is 7.69. The van der Waals surface area contributed by atoms with Gasteiger partial charge in [-0.05, 0) is 38.1 Å². The first-order valence-electron chi connectivity index (χ1n) is 8.53. The molecule has 0 aliphatic carbocycles. The molecule has 0 spiro atoms. The fraction of sp³-hybridized carbons (Fsp3) is 0.444. The summed E-state index contributed by atoms with van der Waals surface area (Å²) in [4.78, 5) is 8.86. The van der Waals surface area contributed by atoms with E-state index in [9.17, 15) is 4.39 Å². The van der Waals surface area contributed by atoms with Crippen LogP contribution in [0.4, 0.5) is 4.39 Å². The van der Waals surface area contributed by atoms with Crippen LogP contribution in [0.5, 0.6) is 0 Å². The summed E-state index contributed by atoms with van der Waals surface area (Å²) in [6.45, 7) is 7.37. The first-order chi connectivity index (χ1) is 12.2. The number of hydrogen-bond acceptors (Lipinski definition) is 4. The predicted molar refractivity (Wildman–Crippen MR) is 111 cm³/mol. The third-order valence-electron chi connectivity index (χ3n) is 3.37. The van der Waals surface area contributed by atoms with E-state index in [-0.39, 0.29) is 29.8 Å². The fourth-order valence-corrected chi connectivity index (χ4v) is 2.16. The zero-order valence-corrected chi connectivity index (χ0v) is 17.5. The van der Waals surface area contributed by atoms with E-state index in [0.29, 0.717) is 38.6 Å². The van der Waals surface area contributed by atoms with Crippen LogP contribution in [-0.4, -0.2) is 43.8 Å². The summed E-state index contributed by atoms with van der Waals surface area (Å²) in [5.41, 5.74) is 1.59. The van der Waals surface area contributed by atoms with Crippen molar-refractivity contribution in [1.29, 1.82) is 0 Å². The molecule has 0 amide bonds. The van der Waals surface area contributed by atoms with Gasteiger partial charge in [-0.15, -0.1) is 24.0 Å². The van der Waals surface area contributed by atoms with Crippen molar-refractivity contribution in [2.75, 3.05) is 32.8 Å². The Morgan fingerprint density at radius 2 is 2.00 bits per heavy atom. The summed E-state index contributed by atoms with van der Waals surface area (Å²) in [6, 6.07) is 6.08. The quantitative estimate of drug-likeness (QED) is 0.252. The van der Waals surface area contributed by atoms with Gasteiger partial charge in [0.1, 0.15) is 12.1 Å². The number of nitrogens with zero attached hydrogens (tertiary/aromatic N) is 2. The van der Waals surface area contributed by atoms with Crippen molar-refractivity contribution in [1.82, 2.24) is 15.6 Å². The molecule has 0 aliphatic heterocycles. The zero-order chi connectivity index (χ0) is 17.9. The zero-order valence-electron chi connectivity index (χ0n) is 15.1. The van der Waals surface area contributed by atoms with Gasteiger partial charge in [-0.25, -0.2) is 9.37 Å². The van der Waals surface area contributed by atoms with Crippen LogP contribution in [0.2, 0.25) is 0 Å². The molecule has 0 fully saturated rings. The highest BCUT2D eigenvalue weighted by Crippen LogP contribution is 2.18. The van der Waals surface area contributed by atoms with Crippen LogP contribution < -0.4 is 10.6 Å². The highest BCUT2D eigenvalue weighted by molar-refractivity contribution is 14.0. The molecule has 26 heavy (non-hydrogen) atoms. The van der Waals surface area contributed by atoms with Gasteiger partial charge in [0.25, 0.3) is 0 Å². The summed E-state index contributed by atoms with van der Waals surface area (Å²) in [5, 5.41) is 6.44. The minimum Gasteiger partial charge on any atom is -0.444 e. The Morgan fingerprint density at radius 3 is 2.69 bits per heavy atom. The number of halogens is 2. The number of aromatic nitrogens is 1. The van der Waals surface area contributed by atoms with Crippen LogP contribution >= 0.6 is 24.0 Å². The molecular weight excluding hydrogens is 450 g/mol. The second-order valence-corrected chi connectivity index (χ2v) is 5.29. The largest absolute Gasteiger partial charge is 0.444 e. The molecule has 2 aromatic rings. The van der Waals surface area contributed by atoms with Gasteiger partial charge in [-0.2, -0.15) is 0 Å². The smallest absolute Gasteiger partial charge is 0.226 e. The minimum absolute atomic E-state index is 0. The maximum Gasteiger partial charge on any atom is 0.226 e. The summed E-state index contributed by atoms with van der Waals surface area (Å²) < 4.78 is 23.7. The number of rotatable bonds is 9. The average molecular weight is 476 g/mol. The molecule has 0 saturated carbocycles. The van der Waals surface area contributed by atoms with Crippen LogP contribution in [0.3, 0.4) is 0 Å². The van der Waals surface area contributed by atoms with Gasteiger partial charge in [0, 0.05) is 31.7 Å². The Bertz CT molecular complexity index is 661.